The van der Waals surface area contributed by atoms with Gasteiger partial charge in [0.1, 0.15) is 5.15 Å². The van der Waals surface area contributed by atoms with Gasteiger partial charge in [0.2, 0.25) is 0 Å². The fourth-order valence-corrected chi connectivity index (χ4v) is 1.71. The van der Waals surface area contributed by atoms with Crippen LogP contribution in [0.4, 0.5) is 0 Å². The molecule has 0 N–H and O–H groups in total. The van der Waals surface area contributed by atoms with E-state index in [1.165, 1.54) is 0 Å². The second-order valence-electron chi connectivity index (χ2n) is 3.45. The van der Waals surface area contributed by atoms with Gasteiger partial charge >= 0.3 is 5.69 Å². The Bertz CT molecular complexity index is 544. The maximum atomic E-state index is 11.8. The maximum Gasteiger partial charge on any atom is 0.328 e. The van der Waals surface area contributed by atoms with Crippen LogP contribution >= 0.6 is 11.6 Å². The number of aryl methyl sites for hydroxylation is 1. The molecule has 2 aromatic rings. The molecule has 16 heavy (non-hydrogen) atoms. The molecule has 0 saturated heterocycles. The number of aromatic nitrogens is 3. The molecule has 0 fully saturated rings. The fourth-order valence-electron chi connectivity index (χ4n) is 1.53. The van der Waals surface area contributed by atoms with Gasteiger partial charge in [0.15, 0.2) is 0 Å². The van der Waals surface area contributed by atoms with Gasteiger partial charge in [-0.25, -0.2) is 9.78 Å². The minimum absolute atomic E-state index is 0.0238. The molecule has 0 atom stereocenters. The van der Waals surface area contributed by atoms with Gasteiger partial charge in [-0.1, -0.05) is 17.7 Å². The van der Waals surface area contributed by atoms with Crippen molar-refractivity contribution in [3.05, 3.63) is 51.9 Å². The van der Waals surface area contributed by atoms with Gasteiger partial charge in [0, 0.05) is 18.9 Å². The van der Waals surface area contributed by atoms with E-state index in [9.17, 15) is 4.79 Å². The quantitative estimate of drug-likeness (QED) is 0.764. The summed E-state index contributed by atoms with van der Waals surface area (Å²) in [5, 5.41) is 0.445. The zero-order valence-electron chi connectivity index (χ0n) is 8.93. The van der Waals surface area contributed by atoms with Crippen LogP contribution in [0, 0.1) is 0 Å². The van der Waals surface area contributed by atoms with E-state index in [1.807, 2.05) is 19.1 Å². The Balaban J connectivity index is 2.27. The number of hydrogen-bond acceptors (Lipinski definition) is 2. The van der Waals surface area contributed by atoms with E-state index in [0.29, 0.717) is 18.2 Å². The first kappa shape index (κ1) is 11.0. The highest BCUT2D eigenvalue weighted by atomic mass is 35.5. The average Bonchev–Trinajstić information content (AvgIpc) is 2.60. The van der Waals surface area contributed by atoms with Crippen LogP contribution < -0.4 is 5.69 Å². The molecule has 84 valence electrons. The number of imidazole rings is 1. The van der Waals surface area contributed by atoms with Gasteiger partial charge in [-0.3, -0.25) is 9.13 Å². The van der Waals surface area contributed by atoms with Crippen molar-refractivity contribution in [1.29, 1.82) is 0 Å². The monoisotopic (exact) mass is 237 g/mol. The smallest absolute Gasteiger partial charge is 0.300 e. The molecule has 0 amide bonds. The van der Waals surface area contributed by atoms with E-state index in [0.717, 1.165) is 5.69 Å². The summed E-state index contributed by atoms with van der Waals surface area (Å²) < 4.78 is 3.26. The van der Waals surface area contributed by atoms with E-state index >= 15 is 0 Å². The number of rotatable bonds is 3. The molecule has 0 aromatic carbocycles. The summed E-state index contributed by atoms with van der Waals surface area (Å²) >= 11 is 5.78. The minimum Gasteiger partial charge on any atom is -0.300 e. The van der Waals surface area contributed by atoms with Crippen LogP contribution in [0.15, 0.2) is 35.4 Å². The second kappa shape index (κ2) is 4.53. The molecule has 4 nitrogen and oxygen atoms in total. The average molecular weight is 238 g/mol. The van der Waals surface area contributed by atoms with Gasteiger partial charge in [0.25, 0.3) is 0 Å². The van der Waals surface area contributed by atoms with Gasteiger partial charge in [0.05, 0.1) is 12.2 Å². The molecule has 5 heteroatoms. The zero-order valence-corrected chi connectivity index (χ0v) is 9.68. The van der Waals surface area contributed by atoms with E-state index in [2.05, 4.69) is 4.98 Å². The number of pyridine rings is 1. The lowest BCUT2D eigenvalue weighted by atomic mass is 10.3. The first-order valence-electron chi connectivity index (χ1n) is 5.07. The van der Waals surface area contributed by atoms with Crippen molar-refractivity contribution in [2.75, 3.05) is 0 Å². The van der Waals surface area contributed by atoms with Crippen LogP contribution in [-0.4, -0.2) is 14.1 Å². The van der Waals surface area contributed by atoms with Gasteiger partial charge < -0.3 is 0 Å². The number of nitrogens with zero attached hydrogens (tertiary/aromatic N) is 3. The van der Waals surface area contributed by atoms with Crippen molar-refractivity contribution in [3.63, 3.8) is 0 Å². The van der Waals surface area contributed by atoms with Crippen molar-refractivity contribution >= 4 is 11.6 Å². The Labute approximate surface area is 98.1 Å². The third kappa shape index (κ3) is 2.17. The van der Waals surface area contributed by atoms with Crippen LogP contribution in [0.1, 0.15) is 12.6 Å². The van der Waals surface area contributed by atoms with E-state index in [4.69, 9.17) is 11.6 Å². The van der Waals surface area contributed by atoms with E-state index < -0.39 is 0 Å². The molecule has 0 unspecified atom stereocenters. The first-order valence-corrected chi connectivity index (χ1v) is 5.45. The summed E-state index contributed by atoms with van der Waals surface area (Å²) in [5.41, 5.74) is 0.757. The summed E-state index contributed by atoms with van der Waals surface area (Å²) in [6, 6.07) is 5.39. The Morgan fingerprint density at radius 2 is 2.06 bits per heavy atom. The molecule has 0 spiro atoms. The lowest BCUT2D eigenvalue weighted by molar-refractivity contribution is 0.662. The molecule has 0 aliphatic carbocycles. The van der Waals surface area contributed by atoms with Gasteiger partial charge in [-0.15, -0.1) is 0 Å². The summed E-state index contributed by atoms with van der Waals surface area (Å²) in [4.78, 5) is 15.9. The molecule has 0 aliphatic heterocycles. The third-order valence-electron chi connectivity index (χ3n) is 2.36. The van der Waals surface area contributed by atoms with Crippen LogP contribution in [0.25, 0.3) is 0 Å². The molecule has 2 aromatic heterocycles. The predicted molar refractivity (Wildman–Crippen MR) is 62.7 cm³/mol. The van der Waals surface area contributed by atoms with Gasteiger partial charge in [-0.2, -0.15) is 0 Å². The lowest BCUT2D eigenvalue weighted by Crippen LogP contribution is -2.24. The van der Waals surface area contributed by atoms with Crippen molar-refractivity contribution in [3.8, 4) is 0 Å². The maximum absolute atomic E-state index is 11.8. The lowest BCUT2D eigenvalue weighted by Gasteiger charge is -2.01. The summed E-state index contributed by atoms with van der Waals surface area (Å²) in [7, 11) is 0. The molecule has 0 aliphatic rings. The van der Waals surface area contributed by atoms with Crippen molar-refractivity contribution in [2.45, 2.75) is 20.0 Å². The largest absolute Gasteiger partial charge is 0.328 e. The molecular weight excluding hydrogens is 226 g/mol. The normalized spacial score (nSPS) is 10.6. The molecule has 2 rings (SSSR count). The third-order valence-corrected chi connectivity index (χ3v) is 2.57. The van der Waals surface area contributed by atoms with Crippen LogP contribution in [0.5, 0.6) is 0 Å². The SMILES string of the molecule is CCn1ccn(Cc2cccc(Cl)n2)c1=O. The fraction of sp³-hybridized carbons (Fsp3) is 0.273. The Kier molecular flexibility index (Phi) is 3.10. The molecular formula is C11H12ClN3O. The summed E-state index contributed by atoms with van der Waals surface area (Å²) in [6.45, 7) is 3.06. The summed E-state index contributed by atoms with van der Waals surface area (Å²) in [5.74, 6) is 0. The highest BCUT2D eigenvalue weighted by molar-refractivity contribution is 6.29. The molecule has 0 radical (unpaired) electrons. The highest BCUT2D eigenvalue weighted by Crippen LogP contribution is 2.05. The topological polar surface area (TPSA) is 39.8 Å². The second-order valence-corrected chi connectivity index (χ2v) is 3.83. The van der Waals surface area contributed by atoms with E-state index in [-0.39, 0.29) is 5.69 Å². The highest BCUT2D eigenvalue weighted by Gasteiger charge is 2.03. The van der Waals surface area contributed by atoms with E-state index in [1.54, 1.807) is 27.6 Å². The minimum atomic E-state index is -0.0238. The first-order chi connectivity index (χ1) is 7.70. The van der Waals surface area contributed by atoms with Crippen LogP contribution in [-0.2, 0) is 13.1 Å². The Morgan fingerprint density at radius 3 is 2.69 bits per heavy atom. The van der Waals surface area contributed by atoms with Crippen LogP contribution in [0.2, 0.25) is 5.15 Å². The molecule has 0 bridgehead atoms. The van der Waals surface area contributed by atoms with Crippen molar-refractivity contribution in [2.24, 2.45) is 0 Å². The van der Waals surface area contributed by atoms with Gasteiger partial charge in [-0.05, 0) is 19.1 Å². The number of hydrogen-bond donors (Lipinski definition) is 0. The number of halogens is 1. The molecule has 0 saturated carbocycles. The summed E-state index contributed by atoms with van der Waals surface area (Å²) in [6.07, 6.45) is 3.53. The zero-order chi connectivity index (χ0) is 11.5. The molecule has 2 heterocycles. The Morgan fingerprint density at radius 1 is 1.31 bits per heavy atom. The Hall–Kier alpha value is -1.55. The van der Waals surface area contributed by atoms with Crippen molar-refractivity contribution in [1.82, 2.24) is 14.1 Å². The predicted octanol–water partition coefficient (Wildman–Crippen LogP) is 1.77. The standard InChI is InChI=1S/C11H12ClN3O/c1-2-14-6-7-15(11(14)16)8-9-4-3-5-10(12)13-9/h3-7H,2,8H2,1H3. The van der Waals surface area contributed by atoms with Crippen molar-refractivity contribution < 1.29 is 0 Å². The van der Waals surface area contributed by atoms with Crippen LogP contribution in [0.3, 0.4) is 0 Å².